The fraction of sp³-hybridized carbons (Fsp3) is 0.182. The lowest BCUT2D eigenvalue weighted by Crippen LogP contribution is -2.12. The normalized spacial score (nSPS) is 14.2. The van der Waals surface area contributed by atoms with E-state index in [0.717, 1.165) is 26.9 Å². The number of nitrogens with one attached hydrogen (secondary N) is 1. The van der Waals surface area contributed by atoms with Crippen molar-refractivity contribution in [3.8, 4) is 16.9 Å². The number of hydrogen-bond donors (Lipinski definition) is 2. The molecule has 3 rings (SSSR count). The van der Waals surface area contributed by atoms with E-state index in [9.17, 15) is 0 Å². The van der Waals surface area contributed by atoms with Crippen LogP contribution in [0.3, 0.4) is 0 Å². The third kappa shape index (κ3) is 1.79. The van der Waals surface area contributed by atoms with Gasteiger partial charge in [-0.3, -0.25) is 5.10 Å². The van der Waals surface area contributed by atoms with Gasteiger partial charge in [-0.1, -0.05) is 15.9 Å². The molecule has 2 aromatic rings. The van der Waals surface area contributed by atoms with E-state index in [1.165, 1.54) is 0 Å². The lowest BCUT2D eigenvalue weighted by Gasteiger charge is -2.20. The highest BCUT2D eigenvalue weighted by molar-refractivity contribution is 9.10. The highest BCUT2D eigenvalue weighted by atomic mass is 79.9. The zero-order valence-electron chi connectivity index (χ0n) is 8.87. The first-order valence-corrected chi connectivity index (χ1v) is 5.87. The molecule has 0 spiro atoms. The van der Waals surface area contributed by atoms with Gasteiger partial charge < -0.3 is 15.2 Å². The van der Waals surface area contributed by atoms with Crippen molar-refractivity contribution in [2.24, 2.45) is 0 Å². The third-order valence-corrected chi connectivity index (χ3v) is 3.09. The van der Waals surface area contributed by atoms with Crippen molar-refractivity contribution in [1.29, 1.82) is 0 Å². The Morgan fingerprint density at radius 1 is 1.35 bits per heavy atom. The number of anilines is 1. The van der Waals surface area contributed by atoms with E-state index >= 15 is 0 Å². The summed E-state index contributed by atoms with van der Waals surface area (Å²) in [4.78, 5) is 0. The number of nitrogen functional groups attached to an aromatic ring is 1. The number of aromatic nitrogens is 2. The Bertz CT molecular complexity index is 568. The molecule has 5 nitrogen and oxygen atoms in total. The van der Waals surface area contributed by atoms with Crippen LogP contribution in [0.4, 0.5) is 5.82 Å². The van der Waals surface area contributed by atoms with Gasteiger partial charge in [0.25, 0.3) is 0 Å². The van der Waals surface area contributed by atoms with Gasteiger partial charge in [0, 0.05) is 21.2 Å². The molecule has 0 fully saturated rings. The summed E-state index contributed by atoms with van der Waals surface area (Å²) in [6, 6.07) is 3.94. The first-order valence-electron chi connectivity index (χ1n) is 5.08. The van der Waals surface area contributed by atoms with Crippen LogP contribution in [-0.2, 0) is 11.3 Å². The largest absolute Gasteiger partial charge is 0.467 e. The van der Waals surface area contributed by atoms with Gasteiger partial charge in [0.05, 0.1) is 12.8 Å². The molecule has 0 radical (unpaired) electrons. The third-order valence-electron chi connectivity index (χ3n) is 2.63. The molecule has 1 aliphatic heterocycles. The van der Waals surface area contributed by atoms with Crippen molar-refractivity contribution >= 4 is 21.7 Å². The Kier molecular flexibility index (Phi) is 2.53. The molecule has 88 valence electrons. The minimum absolute atomic E-state index is 0.263. The number of rotatable bonds is 1. The predicted molar refractivity (Wildman–Crippen MR) is 66.4 cm³/mol. The van der Waals surface area contributed by atoms with E-state index in [4.69, 9.17) is 15.2 Å². The quantitative estimate of drug-likeness (QED) is 0.847. The first-order chi connectivity index (χ1) is 8.25. The molecule has 2 heterocycles. The number of H-pyrrole nitrogens is 1. The van der Waals surface area contributed by atoms with Crippen LogP contribution in [0, 0.1) is 0 Å². The van der Waals surface area contributed by atoms with E-state index in [2.05, 4.69) is 26.1 Å². The average molecular weight is 296 g/mol. The molecule has 0 aliphatic carbocycles. The fourth-order valence-electron chi connectivity index (χ4n) is 1.89. The maximum Gasteiger partial charge on any atom is 0.189 e. The van der Waals surface area contributed by atoms with Gasteiger partial charge >= 0.3 is 0 Å². The second kappa shape index (κ2) is 4.05. The van der Waals surface area contributed by atoms with E-state index in [0.29, 0.717) is 12.4 Å². The first kappa shape index (κ1) is 10.6. The molecule has 0 saturated carbocycles. The van der Waals surface area contributed by atoms with E-state index in [1.807, 2.05) is 12.1 Å². The van der Waals surface area contributed by atoms with Gasteiger partial charge in [0.2, 0.25) is 0 Å². The number of ether oxygens (including phenoxy) is 2. The smallest absolute Gasteiger partial charge is 0.189 e. The molecular formula is C11H10BrN3O2. The Morgan fingerprint density at radius 2 is 2.24 bits per heavy atom. The molecule has 1 aromatic heterocycles. The predicted octanol–water partition coefficient (Wildman–Crippen LogP) is 2.29. The van der Waals surface area contributed by atoms with Crippen molar-refractivity contribution in [3.05, 3.63) is 28.4 Å². The number of fused-ring (bicyclic) bond motifs is 1. The van der Waals surface area contributed by atoms with Crippen molar-refractivity contribution in [2.75, 3.05) is 12.5 Å². The standard InChI is InChI=1S/C11H10BrN3O2/c12-7-1-6-4-16-5-17-10(6)8(2-7)9-3-14-15-11(9)13/h1-3H,4-5H2,(H3,13,14,15). The summed E-state index contributed by atoms with van der Waals surface area (Å²) in [5.41, 5.74) is 8.59. The molecule has 3 N–H and O–H groups in total. The van der Waals surface area contributed by atoms with Crippen LogP contribution in [0.1, 0.15) is 5.56 Å². The van der Waals surface area contributed by atoms with Crippen LogP contribution < -0.4 is 10.5 Å². The zero-order valence-corrected chi connectivity index (χ0v) is 10.5. The minimum atomic E-state index is 0.263. The van der Waals surface area contributed by atoms with Gasteiger partial charge in [0.15, 0.2) is 6.79 Å². The van der Waals surface area contributed by atoms with Crippen LogP contribution in [0.5, 0.6) is 5.75 Å². The van der Waals surface area contributed by atoms with Crippen molar-refractivity contribution in [2.45, 2.75) is 6.61 Å². The monoisotopic (exact) mass is 295 g/mol. The number of benzene rings is 1. The molecule has 0 bridgehead atoms. The van der Waals surface area contributed by atoms with Crippen LogP contribution in [0.2, 0.25) is 0 Å². The second-order valence-corrected chi connectivity index (χ2v) is 4.67. The summed E-state index contributed by atoms with van der Waals surface area (Å²) in [6.45, 7) is 0.804. The Balaban J connectivity index is 2.22. The van der Waals surface area contributed by atoms with Crippen LogP contribution >= 0.6 is 15.9 Å². The maximum absolute atomic E-state index is 5.84. The number of nitrogens with zero attached hydrogens (tertiary/aromatic N) is 1. The van der Waals surface area contributed by atoms with Gasteiger partial charge in [-0.15, -0.1) is 0 Å². The Labute approximate surface area is 106 Å². The molecule has 1 aromatic carbocycles. The van der Waals surface area contributed by atoms with Gasteiger partial charge in [0.1, 0.15) is 11.6 Å². The molecular weight excluding hydrogens is 286 g/mol. The summed E-state index contributed by atoms with van der Waals surface area (Å²) in [5, 5.41) is 6.64. The fourth-order valence-corrected chi connectivity index (χ4v) is 2.40. The molecule has 1 aliphatic rings. The summed E-state index contributed by atoms with van der Waals surface area (Å²) in [7, 11) is 0. The average Bonchev–Trinajstić information content (AvgIpc) is 2.74. The number of nitrogens with two attached hydrogens (primary N) is 1. The van der Waals surface area contributed by atoms with Gasteiger partial charge in [-0.05, 0) is 12.1 Å². The Hall–Kier alpha value is -1.53. The van der Waals surface area contributed by atoms with E-state index in [-0.39, 0.29) is 6.79 Å². The molecule has 0 amide bonds. The summed E-state index contributed by atoms with van der Waals surface area (Å²) >= 11 is 3.47. The minimum Gasteiger partial charge on any atom is -0.467 e. The van der Waals surface area contributed by atoms with Crippen molar-refractivity contribution in [1.82, 2.24) is 10.2 Å². The molecule has 0 atom stereocenters. The van der Waals surface area contributed by atoms with Crippen LogP contribution in [0.15, 0.2) is 22.8 Å². The number of halogens is 1. The van der Waals surface area contributed by atoms with Crippen LogP contribution in [0.25, 0.3) is 11.1 Å². The van der Waals surface area contributed by atoms with Gasteiger partial charge in [-0.2, -0.15) is 5.10 Å². The zero-order chi connectivity index (χ0) is 11.8. The second-order valence-electron chi connectivity index (χ2n) is 3.75. The lowest BCUT2D eigenvalue weighted by molar-refractivity contribution is -0.0159. The van der Waals surface area contributed by atoms with Crippen molar-refractivity contribution in [3.63, 3.8) is 0 Å². The number of aromatic amines is 1. The van der Waals surface area contributed by atoms with Crippen molar-refractivity contribution < 1.29 is 9.47 Å². The van der Waals surface area contributed by atoms with E-state index in [1.54, 1.807) is 6.20 Å². The summed E-state index contributed by atoms with van der Waals surface area (Å²) in [5.74, 6) is 1.34. The topological polar surface area (TPSA) is 73.2 Å². The summed E-state index contributed by atoms with van der Waals surface area (Å²) in [6.07, 6.45) is 1.69. The van der Waals surface area contributed by atoms with Gasteiger partial charge in [-0.25, -0.2) is 0 Å². The highest BCUT2D eigenvalue weighted by Gasteiger charge is 2.19. The molecule has 0 unspecified atom stereocenters. The van der Waals surface area contributed by atoms with Crippen LogP contribution in [-0.4, -0.2) is 17.0 Å². The lowest BCUT2D eigenvalue weighted by atomic mass is 10.0. The molecule has 17 heavy (non-hydrogen) atoms. The van der Waals surface area contributed by atoms with E-state index < -0.39 is 0 Å². The molecule has 6 heteroatoms. The molecule has 0 saturated heterocycles. The number of hydrogen-bond acceptors (Lipinski definition) is 4. The Morgan fingerprint density at radius 3 is 3.00 bits per heavy atom. The maximum atomic E-state index is 5.84. The highest BCUT2D eigenvalue weighted by Crippen LogP contribution is 2.39. The summed E-state index contributed by atoms with van der Waals surface area (Å²) < 4.78 is 11.8. The SMILES string of the molecule is Nc1[nH]ncc1-c1cc(Br)cc2c1OCOC2.